The molecule has 0 spiro atoms. The Hall–Kier alpha value is -3.30. The zero-order valence-corrected chi connectivity index (χ0v) is 21.0. The van der Waals surface area contributed by atoms with E-state index in [1.54, 1.807) is 36.4 Å². The van der Waals surface area contributed by atoms with Gasteiger partial charge in [-0.1, -0.05) is 84.9 Å². The van der Waals surface area contributed by atoms with Crippen LogP contribution < -0.4 is 0 Å². The van der Waals surface area contributed by atoms with E-state index < -0.39 is 20.2 Å². The maximum absolute atomic E-state index is 11.6. The lowest BCUT2D eigenvalue weighted by Gasteiger charge is -2.09. The topological polar surface area (TPSA) is 109 Å². The van der Waals surface area contributed by atoms with Crippen molar-refractivity contribution in [2.24, 2.45) is 0 Å². The van der Waals surface area contributed by atoms with Crippen LogP contribution in [0.3, 0.4) is 0 Å². The fraction of sp³-hybridized carbons (Fsp3) is 0.143. The molecule has 0 aliphatic carbocycles. The summed E-state index contributed by atoms with van der Waals surface area (Å²) in [7, 11) is -8.50. The highest BCUT2D eigenvalue weighted by atomic mass is 32.2. The van der Waals surface area contributed by atoms with E-state index in [4.69, 9.17) is 0 Å². The SMILES string of the molecule is O=S(=O)(O)c1ccccc1CCc1ccc(-c2ccc(CCc3ccccc3S(=O)(=O)O)cc2)cc1. The predicted molar refractivity (Wildman–Crippen MR) is 139 cm³/mol. The normalized spacial score (nSPS) is 11.9. The molecule has 0 aliphatic heterocycles. The summed E-state index contributed by atoms with van der Waals surface area (Å²) in [5, 5.41) is 0. The van der Waals surface area contributed by atoms with Gasteiger partial charge in [0.15, 0.2) is 0 Å². The van der Waals surface area contributed by atoms with E-state index in [1.807, 2.05) is 48.5 Å². The molecule has 6 nitrogen and oxygen atoms in total. The molecule has 0 unspecified atom stereocenters. The third-order valence-electron chi connectivity index (χ3n) is 6.11. The minimum atomic E-state index is -4.25. The van der Waals surface area contributed by atoms with Crippen molar-refractivity contribution in [3.63, 3.8) is 0 Å². The third-order valence-corrected chi connectivity index (χ3v) is 8.02. The number of aryl methyl sites for hydroxylation is 4. The molecule has 0 heterocycles. The average molecular weight is 523 g/mol. The molecule has 0 radical (unpaired) electrons. The lowest BCUT2D eigenvalue weighted by molar-refractivity contribution is 0.479. The van der Waals surface area contributed by atoms with Gasteiger partial charge < -0.3 is 0 Å². The van der Waals surface area contributed by atoms with Crippen molar-refractivity contribution in [1.29, 1.82) is 0 Å². The minimum absolute atomic E-state index is 0.0526. The van der Waals surface area contributed by atoms with E-state index >= 15 is 0 Å². The Morgan fingerprint density at radius 1 is 0.444 bits per heavy atom. The first-order chi connectivity index (χ1) is 17.1. The Morgan fingerprint density at radius 2 is 0.778 bits per heavy atom. The maximum atomic E-state index is 11.6. The molecule has 0 amide bonds. The highest BCUT2D eigenvalue weighted by Gasteiger charge is 2.15. The van der Waals surface area contributed by atoms with Gasteiger partial charge in [-0.05, 0) is 71.2 Å². The van der Waals surface area contributed by atoms with Crippen LogP contribution in [0, 0.1) is 0 Å². The zero-order chi connectivity index (χ0) is 25.8. The number of hydrogen-bond donors (Lipinski definition) is 2. The summed E-state index contributed by atoms with van der Waals surface area (Å²) < 4.78 is 65.2. The fourth-order valence-corrected chi connectivity index (χ4v) is 5.71. The van der Waals surface area contributed by atoms with Crippen LogP contribution in [0.5, 0.6) is 0 Å². The molecule has 4 aromatic carbocycles. The molecule has 0 bridgehead atoms. The van der Waals surface area contributed by atoms with Gasteiger partial charge in [-0.25, -0.2) is 0 Å². The number of rotatable bonds is 9. The Labute approximate surface area is 211 Å². The molecule has 4 rings (SSSR count). The van der Waals surface area contributed by atoms with Crippen LogP contribution in [0.1, 0.15) is 22.3 Å². The summed E-state index contributed by atoms with van der Waals surface area (Å²) in [6.45, 7) is 0. The lowest BCUT2D eigenvalue weighted by atomic mass is 9.98. The van der Waals surface area contributed by atoms with E-state index in [9.17, 15) is 25.9 Å². The van der Waals surface area contributed by atoms with Crippen LogP contribution in [-0.4, -0.2) is 25.9 Å². The van der Waals surface area contributed by atoms with Gasteiger partial charge in [0.2, 0.25) is 0 Å². The second-order valence-corrected chi connectivity index (χ2v) is 11.3. The van der Waals surface area contributed by atoms with Gasteiger partial charge in [0.25, 0.3) is 20.2 Å². The van der Waals surface area contributed by atoms with Gasteiger partial charge >= 0.3 is 0 Å². The van der Waals surface area contributed by atoms with E-state index in [0.717, 1.165) is 22.3 Å². The van der Waals surface area contributed by atoms with Gasteiger partial charge in [-0.3, -0.25) is 9.11 Å². The second kappa shape index (κ2) is 10.8. The largest absolute Gasteiger partial charge is 0.294 e. The maximum Gasteiger partial charge on any atom is 0.294 e. The quantitative estimate of drug-likeness (QED) is 0.284. The summed E-state index contributed by atoms with van der Waals surface area (Å²) in [6.07, 6.45) is 2.25. The summed E-state index contributed by atoms with van der Waals surface area (Å²) >= 11 is 0. The van der Waals surface area contributed by atoms with Crippen LogP contribution in [0.15, 0.2) is 107 Å². The first kappa shape index (κ1) is 25.8. The molecule has 8 heteroatoms. The zero-order valence-electron chi connectivity index (χ0n) is 19.4. The van der Waals surface area contributed by atoms with Gasteiger partial charge in [-0.15, -0.1) is 0 Å². The van der Waals surface area contributed by atoms with E-state index in [2.05, 4.69) is 0 Å². The average Bonchev–Trinajstić information content (AvgIpc) is 2.86. The molecule has 0 saturated carbocycles. The van der Waals surface area contributed by atoms with E-state index in [0.29, 0.717) is 36.8 Å². The van der Waals surface area contributed by atoms with Gasteiger partial charge in [-0.2, -0.15) is 16.8 Å². The molecule has 0 atom stereocenters. The van der Waals surface area contributed by atoms with Crippen molar-refractivity contribution in [2.45, 2.75) is 35.5 Å². The Bertz CT molecular complexity index is 1440. The molecule has 0 fully saturated rings. The van der Waals surface area contributed by atoms with Crippen LogP contribution in [-0.2, 0) is 45.9 Å². The third kappa shape index (κ3) is 6.47. The van der Waals surface area contributed by atoms with Crippen LogP contribution in [0.2, 0.25) is 0 Å². The molecule has 0 saturated heterocycles. The highest BCUT2D eigenvalue weighted by molar-refractivity contribution is 7.86. The standard InChI is InChI=1S/C28H26O6S2/c29-35(30,31)27-7-3-1-5-25(27)19-13-21-9-15-23(16-10-21)24-17-11-22(12-18-24)14-20-26-6-2-4-8-28(26)36(32,33)34/h1-12,15-18H,13-14,19-20H2,(H,29,30,31)(H,32,33,34). The van der Waals surface area contributed by atoms with Gasteiger partial charge in [0, 0.05) is 0 Å². The van der Waals surface area contributed by atoms with Crippen molar-refractivity contribution < 1.29 is 25.9 Å². The molecular formula is C28H26O6S2. The highest BCUT2D eigenvalue weighted by Crippen LogP contribution is 2.23. The van der Waals surface area contributed by atoms with Crippen LogP contribution in [0.4, 0.5) is 0 Å². The Kier molecular flexibility index (Phi) is 7.70. The minimum Gasteiger partial charge on any atom is -0.282 e. The van der Waals surface area contributed by atoms with E-state index in [-0.39, 0.29) is 9.79 Å². The van der Waals surface area contributed by atoms with E-state index in [1.165, 1.54) is 12.1 Å². The van der Waals surface area contributed by atoms with Crippen molar-refractivity contribution in [2.75, 3.05) is 0 Å². The summed E-state index contributed by atoms with van der Waals surface area (Å²) in [5.74, 6) is 0. The van der Waals surface area contributed by atoms with Crippen molar-refractivity contribution in [3.8, 4) is 11.1 Å². The molecule has 2 N–H and O–H groups in total. The Balaban J connectivity index is 1.39. The molecule has 36 heavy (non-hydrogen) atoms. The molecule has 0 aliphatic rings. The number of benzene rings is 4. The van der Waals surface area contributed by atoms with Gasteiger partial charge in [0.05, 0.1) is 9.79 Å². The van der Waals surface area contributed by atoms with Crippen molar-refractivity contribution in [1.82, 2.24) is 0 Å². The molecule has 186 valence electrons. The summed E-state index contributed by atoms with van der Waals surface area (Å²) in [6, 6.07) is 29.0. The van der Waals surface area contributed by atoms with Crippen molar-refractivity contribution >= 4 is 20.2 Å². The molecule has 4 aromatic rings. The first-order valence-corrected chi connectivity index (χ1v) is 14.3. The van der Waals surface area contributed by atoms with Crippen molar-refractivity contribution in [3.05, 3.63) is 119 Å². The van der Waals surface area contributed by atoms with Crippen LogP contribution >= 0.6 is 0 Å². The molecular weight excluding hydrogens is 496 g/mol. The van der Waals surface area contributed by atoms with Gasteiger partial charge in [0.1, 0.15) is 0 Å². The lowest BCUT2D eigenvalue weighted by Crippen LogP contribution is -2.04. The predicted octanol–water partition coefficient (Wildman–Crippen LogP) is 5.42. The Morgan fingerprint density at radius 3 is 1.11 bits per heavy atom. The fourth-order valence-electron chi connectivity index (χ4n) is 4.21. The smallest absolute Gasteiger partial charge is 0.282 e. The first-order valence-electron chi connectivity index (χ1n) is 11.4. The number of hydrogen-bond acceptors (Lipinski definition) is 4. The molecule has 0 aromatic heterocycles. The summed E-state index contributed by atoms with van der Waals surface area (Å²) in [5.41, 5.74) is 5.36. The monoisotopic (exact) mass is 522 g/mol. The van der Waals surface area contributed by atoms with Crippen LogP contribution in [0.25, 0.3) is 11.1 Å². The summed E-state index contributed by atoms with van der Waals surface area (Å²) in [4.78, 5) is -0.105. The second-order valence-electron chi connectivity index (χ2n) is 8.56.